The molecular weight excluding hydrogens is 244 g/mol. The quantitative estimate of drug-likeness (QED) is 0.568. The summed E-state index contributed by atoms with van der Waals surface area (Å²) in [6, 6.07) is 2.20. The van der Waals surface area contributed by atoms with Gasteiger partial charge in [0.25, 0.3) is 0 Å². The third kappa shape index (κ3) is 5.17. The first-order valence-corrected chi connectivity index (χ1v) is 6.80. The van der Waals surface area contributed by atoms with Crippen molar-refractivity contribution in [3.63, 3.8) is 0 Å². The summed E-state index contributed by atoms with van der Waals surface area (Å²) >= 11 is 0. The molecule has 0 unspecified atom stereocenters. The number of ether oxygens (including phenoxy) is 2. The van der Waals surface area contributed by atoms with Crippen LogP contribution in [0.15, 0.2) is 0 Å². The normalized spacial score (nSPS) is 11.1. The van der Waals surface area contributed by atoms with Crippen LogP contribution < -0.4 is 0 Å². The molecule has 0 aromatic carbocycles. The summed E-state index contributed by atoms with van der Waals surface area (Å²) in [7, 11) is 3.24. The summed E-state index contributed by atoms with van der Waals surface area (Å²) in [4.78, 5) is 14.3. The number of rotatable bonds is 10. The second-order valence-corrected chi connectivity index (χ2v) is 4.53. The van der Waals surface area contributed by atoms with Crippen molar-refractivity contribution >= 4 is 5.91 Å². The van der Waals surface area contributed by atoms with Crippen molar-refractivity contribution in [1.29, 1.82) is 5.26 Å². The fourth-order valence-corrected chi connectivity index (χ4v) is 1.98. The van der Waals surface area contributed by atoms with Gasteiger partial charge in [0.15, 0.2) is 0 Å². The number of amides is 1. The molecule has 0 saturated heterocycles. The third-order valence-electron chi connectivity index (χ3n) is 3.46. The molecule has 0 bridgehead atoms. The molecule has 0 saturated carbocycles. The summed E-state index contributed by atoms with van der Waals surface area (Å²) in [5, 5.41) is 9.34. The predicted octanol–water partition coefficient (Wildman–Crippen LogP) is 1.83. The van der Waals surface area contributed by atoms with Gasteiger partial charge in [0, 0.05) is 33.9 Å². The number of carbonyl (C=O) groups excluding carboxylic acids is 1. The third-order valence-corrected chi connectivity index (χ3v) is 3.46. The summed E-state index contributed by atoms with van der Waals surface area (Å²) < 4.78 is 10.0. The van der Waals surface area contributed by atoms with Crippen LogP contribution in [0.5, 0.6) is 0 Å². The Morgan fingerprint density at radius 2 is 1.74 bits per heavy atom. The molecule has 0 rings (SSSR count). The predicted molar refractivity (Wildman–Crippen MR) is 73.6 cm³/mol. The minimum Gasteiger partial charge on any atom is -0.385 e. The monoisotopic (exact) mass is 270 g/mol. The highest BCUT2D eigenvalue weighted by Gasteiger charge is 2.38. The molecule has 0 aliphatic rings. The molecule has 0 fully saturated rings. The summed E-state index contributed by atoms with van der Waals surface area (Å²) in [5.41, 5.74) is -0.902. The second kappa shape index (κ2) is 9.76. The molecule has 5 heteroatoms. The van der Waals surface area contributed by atoms with Crippen molar-refractivity contribution in [3.05, 3.63) is 0 Å². The van der Waals surface area contributed by atoms with Gasteiger partial charge in [-0.25, -0.2) is 0 Å². The van der Waals surface area contributed by atoms with Crippen molar-refractivity contribution < 1.29 is 14.3 Å². The number of methoxy groups -OCH3 is 2. The Balaban J connectivity index is 4.81. The topological polar surface area (TPSA) is 62.6 Å². The summed E-state index contributed by atoms with van der Waals surface area (Å²) in [6.45, 7) is 5.96. The maximum Gasteiger partial charge on any atom is 0.243 e. The molecule has 0 atom stereocenters. The molecule has 0 spiro atoms. The smallest absolute Gasteiger partial charge is 0.243 e. The van der Waals surface area contributed by atoms with Crippen molar-refractivity contribution in [2.75, 3.05) is 40.5 Å². The van der Waals surface area contributed by atoms with Gasteiger partial charge in [-0.2, -0.15) is 5.26 Å². The molecule has 0 N–H and O–H groups in total. The molecular formula is C14H26N2O3. The van der Waals surface area contributed by atoms with E-state index in [0.29, 0.717) is 39.1 Å². The van der Waals surface area contributed by atoms with Crippen molar-refractivity contribution in [1.82, 2.24) is 4.90 Å². The average Bonchev–Trinajstić information content (AvgIpc) is 2.45. The van der Waals surface area contributed by atoms with Crippen LogP contribution in [0.4, 0.5) is 0 Å². The largest absolute Gasteiger partial charge is 0.385 e. The first kappa shape index (κ1) is 17.9. The molecule has 0 aliphatic heterocycles. The van der Waals surface area contributed by atoms with E-state index in [1.165, 1.54) is 0 Å². The van der Waals surface area contributed by atoms with Crippen LogP contribution in [-0.2, 0) is 14.3 Å². The Labute approximate surface area is 116 Å². The lowest BCUT2D eigenvalue weighted by atomic mass is 9.82. The maximum atomic E-state index is 12.6. The van der Waals surface area contributed by atoms with Gasteiger partial charge in [-0.15, -0.1) is 0 Å². The Morgan fingerprint density at radius 1 is 1.16 bits per heavy atom. The van der Waals surface area contributed by atoms with Gasteiger partial charge >= 0.3 is 0 Å². The van der Waals surface area contributed by atoms with E-state index in [1.54, 1.807) is 19.1 Å². The van der Waals surface area contributed by atoms with Crippen LogP contribution in [-0.4, -0.2) is 51.3 Å². The average molecular weight is 270 g/mol. The minimum atomic E-state index is -0.902. The molecule has 0 aliphatic carbocycles. The van der Waals surface area contributed by atoms with Crippen LogP contribution in [0.25, 0.3) is 0 Å². The molecule has 1 amide bonds. The first-order valence-electron chi connectivity index (χ1n) is 6.80. The van der Waals surface area contributed by atoms with Crippen molar-refractivity contribution in [2.24, 2.45) is 5.41 Å². The highest BCUT2D eigenvalue weighted by molar-refractivity contribution is 5.85. The number of hydrogen-bond acceptors (Lipinski definition) is 4. The Bertz CT molecular complexity index is 296. The maximum absolute atomic E-state index is 12.6. The highest BCUT2D eigenvalue weighted by atomic mass is 16.5. The van der Waals surface area contributed by atoms with Crippen LogP contribution in [0.3, 0.4) is 0 Å². The van der Waals surface area contributed by atoms with Gasteiger partial charge in [-0.3, -0.25) is 4.79 Å². The van der Waals surface area contributed by atoms with Gasteiger partial charge in [-0.05, 0) is 19.3 Å². The second-order valence-electron chi connectivity index (χ2n) is 4.53. The molecule has 0 heterocycles. The zero-order valence-electron chi connectivity index (χ0n) is 12.6. The van der Waals surface area contributed by atoms with Gasteiger partial charge < -0.3 is 14.4 Å². The zero-order chi connectivity index (χ0) is 14.7. The van der Waals surface area contributed by atoms with Gasteiger partial charge in [-0.1, -0.05) is 13.8 Å². The van der Waals surface area contributed by atoms with Crippen molar-refractivity contribution in [3.8, 4) is 6.07 Å². The fraction of sp³-hybridized carbons (Fsp3) is 0.857. The number of carbonyl (C=O) groups is 1. The van der Waals surface area contributed by atoms with E-state index in [2.05, 4.69) is 6.07 Å². The number of hydrogen-bond donors (Lipinski definition) is 0. The summed E-state index contributed by atoms with van der Waals surface area (Å²) in [5.74, 6) is -0.0897. The summed E-state index contributed by atoms with van der Waals surface area (Å²) in [6.07, 6.45) is 1.83. The Morgan fingerprint density at radius 3 is 2.16 bits per heavy atom. The Kier molecular flexibility index (Phi) is 9.19. The molecule has 19 heavy (non-hydrogen) atoms. The molecule has 0 aromatic heterocycles. The molecule has 110 valence electrons. The number of nitrogens with zero attached hydrogens (tertiary/aromatic N) is 2. The SMILES string of the molecule is CCC(C#N)(CC)C(=O)N(CCCOC)CCOC. The minimum absolute atomic E-state index is 0.0897. The fourth-order valence-electron chi connectivity index (χ4n) is 1.98. The zero-order valence-corrected chi connectivity index (χ0v) is 12.6. The van der Waals surface area contributed by atoms with Gasteiger partial charge in [0.2, 0.25) is 5.91 Å². The molecule has 0 radical (unpaired) electrons. The van der Waals surface area contributed by atoms with Crippen LogP contribution in [0, 0.1) is 16.7 Å². The lowest BCUT2D eigenvalue weighted by Gasteiger charge is -2.31. The lowest BCUT2D eigenvalue weighted by molar-refractivity contribution is -0.140. The van der Waals surface area contributed by atoms with Crippen LogP contribution in [0.2, 0.25) is 0 Å². The van der Waals surface area contributed by atoms with E-state index in [9.17, 15) is 10.1 Å². The standard InChI is InChI=1S/C14H26N2O3/c1-5-14(6-2,12-15)13(17)16(9-11-19-4)8-7-10-18-3/h5-11H2,1-4H3. The van der Waals surface area contributed by atoms with Crippen molar-refractivity contribution in [2.45, 2.75) is 33.1 Å². The van der Waals surface area contributed by atoms with E-state index >= 15 is 0 Å². The van der Waals surface area contributed by atoms with Crippen LogP contribution in [0.1, 0.15) is 33.1 Å². The highest BCUT2D eigenvalue weighted by Crippen LogP contribution is 2.28. The first-order chi connectivity index (χ1) is 9.11. The molecule has 5 nitrogen and oxygen atoms in total. The van der Waals surface area contributed by atoms with E-state index in [0.717, 1.165) is 6.42 Å². The van der Waals surface area contributed by atoms with E-state index in [-0.39, 0.29) is 5.91 Å². The number of nitriles is 1. The van der Waals surface area contributed by atoms with Crippen LogP contribution >= 0.6 is 0 Å². The van der Waals surface area contributed by atoms with E-state index < -0.39 is 5.41 Å². The van der Waals surface area contributed by atoms with Gasteiger partial charge in [0.1, 0.15) is 5.41 Å². The van der Waals surface area contributed by atoms with E-state index in [1.807, 2.05) is 13.8 Å². The van der Waals surface area contributed by atoms with Gasteiger partial charge in [0.05, 0.1) is 12.7 Å². The lowest BCUT2D eigenvalue weighted by Crippen LogP contribution is -2.45. The molecule has 0 aromatic rings. The van der Waals surface area contributed by atoms with E-state index in [4.69, 9.17) is 9.47 Å². The Hall–Kier alpha value is -1.12.